The summed E-state index contributed by atoms with van der Waals surface area (Å²) in [5.41, 5.74) is 0.118. The van der Waals surface area contributed by atoms with Gasteiger partial charge in [0.2, 0.25) is 0 Å². The van der Waals surface area contributed by atoms with E-state index >= 15 is 0 Å². The van der Waals surface area contributed by atoms with Crippen LogP contribution in [-0.4, -0.2) is 5.11 Å². The minimum absolute atomic E-state index is 0.0540. The zero-order valence-electron chi connectivity index (χ0n) is 8.70. The molecule has 2 rings (SSSR count). The van der Waals surface area contributed by atoms with Crippen molar-refractivity contribution in [1.82, 2.24) is 0 Å². The zero-order chi connectivity index (χ0) is 12.4. The minimum Gasteiger partial charge on any atom is -0.383 e. The van der Waals surface area contributed by atoms with E-state index in [1.807, 2.05) is 0 Å². The predicted molar refractivity (Wildman–Crippen MR) is 64.6 cm³/mol. The Kier molecular flexibility index (Phi) is 3.54. The van der Waals surface area contributed by atoms with E-state index in [1.54, 1.807) is 12.1 Å². The minimum atomic E-state index is -1.30. The molecule has 88 valence electrons. The highest BCUT2D eigenvalue weighted by molar-refractivity contribution is 9.10. The van der Waals surface area contributed by atoms with E-state index in [2.05, 4.69) is 15.9 Å². The third-order valence-electron chi connectivity index (χ3n) is 2.46. The van der Waals surface area contributed by atoms with Gasteiger partial charge < -0.3 is 5.11 Å². The van der Waals surface area contributed by atoms with Gasteiger partial charge in [-0.3, -0.25) is 0 Å². The Morgan fingerprint density at radius 3 is 2.24 bits per heavy atom. The second-order valence-corrected chi connectivity index (χ2v) is 4.51. The fourth-order valence-corrected chi connectivity index (χ4v) is 1.92. The molecule has 0 radical (unpaired) electrons. The third-order valence-corrected chi connectivity index (χ3v) is 2.95. The summed E-state index contributed by atoms with van der Waals surface area (Å²) >= 11 is 3.12. The van der Waals surface area contributed by atoms with Crippen molar-refractivity contribution in [3.8, 4) is 0 Å². The van der Waals surface area contributed by atoms with Crippen LogP contribution in [0.5, 0.6) is 0 Å². The van der Waals surface area contributed by atoms with Crippen LogP contribution in [0.2, 0.25) is 0 Å². The molecule has 1 N–H and O–H groups in total. The maximum atomic E-state index is 13.6. The lowest BCUT2D eigenvalue weighted by molar-refractivity contribution is 0.209. The number of hydrogen-bond donors (Lipinski definition) is 1. The maximum Gasteiger partial charge on any atom is 0.130 e. The molecule has 0 aliphatic rings. The Labute approximate surface area is 106 Å². The molecular formula is C13H9BrF2O. The molecule has 0 aliphatic heterocycles. The smallest absolute Gasteiger partial charge is 0.130 e. The van der Waals surface area contributed by atoms with E-state index in [0.717, 1.165) is 0 Å². The monoisotopic (exact) mass is 298 g/mol. The van der Waals surface area contributed by atoms with Gasteiger partial charge in [0, 0.05) is 15.6 Å². The summed E-state index contributed by atoms with van der Waals surface area (Å²) in [6, 6.07) is 10.0. The second-order valence-electron chi connectivity index (χ2n) is 3.59. The molecule has 17 heavy (non-hydrogen) atoms. The maximum absolute atomic E-state index is 13.6. The number of benzene rings is 2. The highest BCUT2D eigenvalue weighted by atomic mass is 79.9. The number of hydrogen-bond acceptors (Lipinski definition) is 1. The van der Waals surface area contributed by atoms with Gasteiger partial charge in [0.15, 0.2) is 0 Å². The summed E-state index contributed by atoms with van der Waals surface area (Å²) in [6.07, 6.45) is -1.30. The molecule has 0 bridgehead atoms. The highest BCUT2D eigenvalue weighted by Gasteiger charge is 2.18. The molecule has 0 aromatic heterocycles. The highest BCUT2D eigenvalue weighted by Crippen LogP contribution is 2.27. The lowest BCUT2D eigenvalue weighted by Gasteiger charge is -2.13. The number of rotatable bonds is 2. The Bertz CT molecular complexity index is 543. The molecule has 4 heteroatoms. The third kappa shape index (κ3) is 2.53. The molecule has 2 aromatic carbocycles. The molecule has 1 nitrogen and oxygen atoms in total. The van der Waals surface area contributed by atoms with Gasteiger partial charge in [-0.15, -0.1) is 0 Å². The first-order chi connectivity index (χ1) is 8.09. The molecule has 1 atom stereocenters. The van der Waals surface area contributed by atoms with Gasteiger partial charge in [0.05, 0.1) is 0 Å². The van der Waals surface area contributed by atoms with Gasteiger partial charge in [-0.05, 0) is 18.2 Å². The van der Waals surface area contributed by atoms with Crippen LogP contribution in [0.25, 0.3) is 0 Å². The molecule has 2 aromatic rings. The van der Waals surface area contributed by atoms with E-state index < -0.39 is 17.7 Å². The summed E-state index contributed by atoms with van der Waals surface area (Å²) in [7, 11) is 0. The SMILES string of the molecule is OC(c1ccccc1F)c1ccc(Br)cc1F. The van der Waals surface area contributed by atoms with Crippen molar-refractivity contribution in [2.24, 2.45) is 0 Å². The summed E-state index contributed by atoms with van der Waals surface area (Å²) < 4.78 is 27.6. The molecule has 0 saturated carbocycles. The lowest BCUT2D eigenvalue weighted by atomic mass is 10.0. The number of halogens is 3. The van der Waals surface area contributed by atoms with E-state index in [1.165, 1.54) is 30.3 Å². The Morgan fingerprint density at radius 2 is 1.59 bits per heavy atom. The normalized spacial score (nSPS) is 12.5. The second kappa shape index (κ2) is 4.94. The number of aliphatic hydroxyl groups excluding tert-OH is 1. The molecule has 0 aliphatic carbocycles. The first-order valence-electron chi connectivity index (χ1n) is 4.97. The van der Waals surface area contributed by atoms with Gasteiger partial charge in [0.1, 0.15) is 17.7 Å². The predicted octanol–water partition coefficient (Wildman–Crippen LogP) is 3.81. The van der Waals surface area contributed by atoms with Crippen LogP contribution in [0.15, 0.2) is 46.9 Å². The van der Waals surface area contributed by atoms with Gasteiger partial charge in [-0.2, -0.15) is 0 Å². The van der Waals surface area contributed by atoms with Crippen molar-refractivity contribution in [3.63, 3.8) is 0 Å². The van der Waals surface area contributed by atoms with Crippen molar-refractivity contribution < 1.29 is 13.9 Å². The molecule has 0 heterocycles. The quantitative estimate of drug-likeness (QED) is 0.894. The average Bonchev–Trinajstić information content (AvgIpc) is 2.29. The van der Waals surface area contributed by atoms with Gasteiger partial charge in [-0.25, -0.2) is 8.78 Å². The zero-order valence-corrected chi connectivity index (χ0v) is 10.3. The Morgan fingerprint density at radius 1 is 0.941 bits per heavy atom. The van der Waals surface area contributed by atoms with Crippen LogP contribution in [-0.2, 0) is 0 Å². The van der Waals surface area contributed by atoms with E-state index in [-0.39, 0.29) is 11.1 Å². The van der Waals surface area contributed by atoms with E-state index in [0.29, 0.717) is 4.47 Å². The van der Waals surface area contributed by atoms with Crippen molar-refractivity contribution in [3.05, 3.63) is 69.7 Å². The average molecular weight is 299 g/mol. The van der Waals surface area contributed by atoms with Gasteiger partial charge in [-0.1, -0.05) is 40.2 Å². The summed E-state index contributed by atoms with van der Waals surface area (Å²) in [4.78, 5) is 0. The van der Waals surface area contributed by atoms with E-state index in [4.69, 9.17) is 0 Å². The first-order valence-corrected chi connectivity index (χ1v) is 5.76. The van der Waals surface area contributed by atoms with Crippen LogP contribution in [0.3, 0.4) is 0 Å². The van der Waals surface area contributed by atoms with Crippen molar-refractivity contribution >= 4 is 15.9 Å². The molecule has 0 spiro atoms. The summed E-state index contributed by atoms with van der Waals surface area (Å²) in [6.45, 7) is 0. The topological polar surface area (TPSA) is 20.2 Å². The van der Waals surface area contributed by atoms with Crippen LogP contribution in [0, 0.1) is 11.6 Å². The van der Waals surface area contributed by atoms with Crippen LogP contribution in [0.4, 0.5) is 8.78 Å². The van der Waals surface area contributed by atoms with Gasteiger partial charge >= 0.3 is 0 Å². The first kappa shape index (κ1) is 12.2. The molecule has 0 saturated heterocycles. The molecule has 1 unspecified atom stereocenters. The lowest BCUT2D eigenvalue weighted by Crippen LogP contribution is -2.04. The van der Waals surface area contributed by atoms with Crippen LogP contribution < -0.4 is 0 Å². The largest absolute Gasteiger partial charge is 0.383 e. The van der Waals surface area contributed by atoms with Crippen LogP contribution >= 0.6 is 15.9 Å². The molecule has 0 fully saturated rings. The summed E-state index contributed by atoms with van der Waals surface area (Å²) in [5, 5.41) is 9.95. The summed E-state index contributed by atoms with van der Waals surface area (Å²) in [5.74, 6) is -1.13. The molecular weight excluding hydrogens is 290 g/mol. The van der Waals surface area contributed by atoms with Crippen LogP contribution in [0.1, 0.15) is 17.2 Å². The van der Waals surface area contributed by atoms with Crippen molar-refractivity contribution in [1.29, 1.82) is 0 Å². The Hall–Kier alpha value is -1.26. The van der Waals surface area contributed by atoms with Gasteiger partial charge in [0.25, 0.3) is 0 Å². The van der Waals surface area contributed by atoms with Crippen molar-refractivity contribution in [2.75, 3.05) is 0 Å². The molecule has 0 amide bonds. The Balaban J connectivity index is 2.44. The number of aliphatic hydroxyl groups is 1. The fraction of sp³-hybridized carbons (Fsp3) is 0.0769. The fourth-order valence-electron chi connectivity index (χ4n) is 1.59. The van der Waals surface area contributed by atoms with E-state index in [9.17, 15) is 13.9 Å². The standard InChI is InChI=1S/C13H9BrF2O/c14-8-5-6-10(12(16)7-8)13(17)9-3-1-2-4-11(9)15/h1-7,13,17H. The van der Waals surface area contributed by atoms with Crippen molar-refractivity contribution in [2.45, 2.75) is 6.10 Å².